The molecule has 0 saturated carbocycles. The van der Waals surface area contributed by atoms with Crippen LogP contribution in [0.15, 0.2) is 0 Å². The van der Waals surface area contributed by atoms with Crippen LogP contribution in [-0.4, -0.2) is 21.9 Å². The van der Waals surface area contributed by atoms with Crippen LogP contribution in [0.1, 0.15) is 13.3 Å². The van der Waals surface area contributed by atoms with Gasteiger partial charge in [-0.25, -0.2) is 0 Å². The van der Waals surface area contributed by atoms with Gasteiger partial charge in [0.2, 0.25) is 0 Å². The van der Waals surface area contributed by atoms with E-state index in [-0.39, 0.29) is 0 Å². The Balaban J connectivity index is 3.55. The summed E-state index contributed by atoms with van der Waals surface area (Å²) in [6.07, 6.45) is -0.424. The fourth-order valence-corrected chi connectivity index (χ4v) is 0.306. The summed E-state index contributed by atoms with van der Waals surface area (Å²) in [5.74, 6) is -1.10. The monoisotopic (exact) mass is 119 g/mol. The fourth-order valence-electron chi connectivity index (χ4n) is 0.306. The number of nitrogens with two attached hydrogens (primary N) is 1. The van der Waals surface area contributed by atoms with Gasteiger partial charge in [0.15, 0.2) is 0 Å². The van der Waals surface area contributed by atoms with Gasteiger partial charge < -0.3 is 15.9 Å². The van der Waals surface area contributed by atoms with Gasteiger partial charge in [-0.2, -0.15) is 0 Å². The summed E-state index contributed by atoms with van der Waals surface area (Å²) >= 11 is 0. The van der Waals surface area contributed by atoms with Crippen molar-refractivity contribution in [2.45, 2.75) is 19.1 Å². The molecular formula is C4H9NO3. The van der Waals surface area contributed by atoms with Crippen LogP contribution in [-0.2, 0) is 4.79 Å². The standard InChI is InChI=1S/C4H9NO3/c1-4(5,8)2-3(6)7/h8H,2,5H2,1H3,(H,6,7). The highest BCUT2D eigenvalue weighted by Crippen LogP contribution is 1.97. The summed E-state index contributed by atoms with van der Waals surface area (Å²) in [6.45, 7) is 1.24. The molecule has 0 aliphatic heterocycles. The number of hydrogen-bond acceptors (Lipinski definition) is 3. The lowest BCUT2D eigenvalue weighted by Gasteiger charge is -2.12. The van der Waals surface area contributed by atoms with Crippen molar-refractivity contribution in [3.05, 3.63) is 0 Å². The first-order valence-electron chi connectivity index (χ1n) is 2.15. The van der Waals surface area contributed by atoms with E-state index in [1.807, 2.05) is 0 Å². The summed E-state index contributed by atoms with van der Waals surface area (Å²) in [4.78, 5) is 9.77. The van der Waals surface area contributed by atoms with Gasteiger partial charge in [0.25, 0.3) is 0 Å². The Morgan fingerprint density at radius 2 is 2.25 bits per heavy atom. The maximum Gasteiger partial charge on any atom is 0.307 e. The second kappa shape index (κ2) is 2.11. The van der Waals surface area contributed by atoms with E-state index in [0.29, 0.717) is 0 Å². The maximum absolute atomic E-state index is 9.77. The van der Waals surface area contributed by atoms with Gasteiger partial charge in [-0.05, 0) is 6.92 Å². The van der Waals surface area contributed by atoms with Crippen molar-refractivity contribution in [1.29, 1.82) is 0 Å². The molecule has 0 aliphatic rings. The first kappa shape index (κ1) is 7.39. The van der Waals surface area contributed by atoms with Gasteiger partial charge in [-0.1, -0.05) is 0 Å². The van der Waals surface area contributed by atoms with Crippen LogP contribution in [0.5, 0.6) is 0 Å². The number of carboxylic acid groups (broad SMARTS) is 1. The van der Waals surface area contributed by atoms with E-state index in [4.69, 9.17) is 15.9 Å². The lowest BCUT2D eigenvalue weighted by molar-refractivity contribution is -0.141. The summed E-state index contributed by atoms with van der Waals surface area (Å²) in [7, 11) is 0. The first-order valence-corrected chi connectivity index (χ1v) is 2.15. The molecule has 48 valence electrons. The van der Waals surface area contributed by atoms with E-state index in [1.54, 1.807) is 0 Å². The zero-order valence-corrected chi connectivity index (χ0v) is 4.59. The molecule has 4 nitrogen and oxygen atoms in total. The SMILES string of the molecule is CC(N)(O)CC(=O)O. The van der Waals surface area contributed by atoms with Gasteiger partial charge >= 0.3 is 5.97 Å². The van der Waals surface area contributed by atoms with Crippen molar-refractivity contribution in [2.24, 2.45) is 5.73 Å². The van der Waals surface area contributed by atoms with Crippen LogP contribution in [0.3, 0.4) is 0 Å². The number of hydrogen-bond donors (Lipinski definition) is 3. The molecule has 1 atom stereocenters. The summed E-state index contributed by atoms with van der Waals surface area (Å²) < 4.78 is 0. The highest BCUT2D eigenvalue weighted by Gasteiger charge is 2.16. The van der Waals surface area contributed by atoms with Crippen molar-refractivity contribution < 1.29 is 15.0 Å². The van der Waals surface area contributed by atoms with Gasteiger partial charge in [0.1, 0.15) is 5.72 Å². The van der Waals surface area contributed by atoms with Crippen molar-refractivity contribution in [1.82, 2.24) is 0 Å². The highest BCUT2D eigenvalue weighted by molar-refractivity contribution is 5.67. The zero-order valence-electron chi connectivity index (χ0n) is 4.59. The minimum absolute atomic E-state index is 0.424. The Morgan fingerprint density at radius 3 is 2.25 bits per heavy atom. The third-order valence-electron chi connectivity index (χ3n) is 0.509. The topological polar surface area (TPSA) is 83.5 Å². The lowest BCUT2D eigenvalue weighted by Crippen LogP contribution is -2.37. The molecule has 0 fully saturated rings. The zero-order chi connectivity index (χ0) is 6.78. The van der Waals surface area contributed by atoms with Crippen LogP contribution < -0.4 is 5.73 Å². The number of aliphatic hydroxyl groups is 1. The Morgan fingerprint density at radius 1 is 1.88 bits per heavy atom. The summed E-state index contributed by atoms with van der Waals surface area (Å²) in [6, 6.07) is 0. The molecule has 0 aromatic heterocycles. The second-order valence-corrected chi connectivity index (χ2v) is 1.93. The maximum atomic E-state index is 9.77. The van der Waals surface area contributed by atoms with Crippen LogP contribution in [0.4, 0.5) is 0 Å². The van der Waals surface area contributed by atoms with Gasteiger partial charge in [0.05, 0.1) is 6.42 Å². The van der Waals surface area contributed by atoms with E-state index >= 15 is 0 Å². The number of carbonyl (C=O) groups is 1. The number of aliphatic carboxylic acids is 1. The first-order chi connectivity index (χ1) is 3.42. The quantitative estimate of drug-likeness (QED) is 0.412. The van der Waals surface area contributed by atoms with Crippen LogP contribution in [0.25, 0.3) is 0 Å². The van der Waals surface area contributed by atoms with E-state index in [0.717, 1.165) is 0 Å². The molecule has 0 amide bonds. The fraction of sp³-hybridized carbons (Fsp3) is 0.750. The molecule has 0 aliphatic carbocycles. The van der Waals surface area contributed by atoms with Crippen molar-refractivity contribution in [2.75, 3.05) is 0 Å². The average Bonchev–Trinajstić information content (AvgIpc) is 1.21. The predicted octanol–water partition coefficient (Wildman–Crippen LogP) is -0.872. The van der Waals surface area contributed by atoms with Gasteiger partial charge in [0, 0.05) is 0 Å². The third kappa shape index (κ3) is 5.39. The van der Waals surface area contributed by atoms with E-state index in [1.165, 1.54) is 6.92 Å². The Kier molecular flexibility index (Phi) is 1.94. The van der Waals surface area contributed by atoms with Gasteiger partial charge in [-0.3, -0.25) is 4.79 Å². The Hall–Kier alpha value is -0.610. The number of carboxylic acids is 1. The molecule has 4 N–H and O–H groups in total. The van der Waals surface area contributed by atoms with Crippen molar-refractivity contribution >= 4 is 5.97 Å². The van der Waals surface area contributed by atoms with Crippen molar-refractivity contribution in [3.8, 4) is 0 Å². The molecular weight excluding hydrogens is 110 g/mol. The van der Waals surface area contributed by atoms with E-state index in [9.17, 15) is 4.79 Å². The predicted molar refractivity (Wildman–Crippen MR) is 27.1 cm³/mol. The Bertz CT molecular complexity index is 93.9. The van der Waals surface area contributed by atoms with Crippen LogP contribution in [0, 0.1) is 0 Å². The second-order valence-electron chi connectivity index (χ2n) is 1.93. The molecule has 0 radical (unpaired) electrons. The highest BCUT2D eigenvalue weighted by atomic mass is 16.4. The Labute approximate surface area is 46.9 Å². The third-order valence-corrected chi connectivity index (χ3v) is 0.509. The molecule has 1 unspecified atom stereocenters. The van der Waals surface area contributed by atoms with E-state index in [2.05, 4.69) is 0 Å². The molecule has 0 bridgehead atoms. The summed E-state index contributed by atoms with van der Waals surface area (Å²) in [5, 5.41) is 16.6. The number of rotatable bonds is 2. The summed E-state index contributed by atoms with van der Waals surface area (Å²) in [5.41, 5.74) is 3.33. The molecule has 0 aromatic rings. The minimum Gasteiger partial charge on any atom is -0.481 e. The van der Waals surface area contributed by atoms with Crippen molar-refractivity contribution in [3.63, 3.8) is 0 Å². The molecule has 0 saturated heterocycles. The van der Waals surface area contributed by atoms with Gasteiger partial charge in [-0.15, -0.1) is 0 Å². The lowest BCUT2D eigenvalue weighted by atomic mass is 10.2. The van der Waals surface area contributed by atoms with Crippen LogP contribution in [0.2, 0.25) is 0 Å². The normalized spacial score (nSPS) is 17.4. The molecule has 4 heteroatoms. The smallest absolute Gasteiger partial charge is 0.307 e. The molecule has 0 aromatic carbocycles. The molecule has 0 spiro atoms. The minimum atomic E-state index is -1.58. The largest absolute Gasteiger partial charge is 0.481 e. The average molecular weight is 119 g/mol. The van der Waals surface area contributed by atoms with E-state index < -0.39 is 18.1 Å². The molecule has 0 heterocycles. The van der Waals surface area contributed by atoms with Crippen LogP contribution >= 0.6 is 0 Å². The molecule has 0 rings (SSSR count). The molecule has 8 heavy (non-hydrogen) atoms.